The van der Waals surface area contributed by atoms with E-state index in [1.807, 2.05) is 0 Å². The lowest BCUT2D eigenvalue weighted by atomic mass is 9.94. The van der Waals surface area contributed by atoms with E-state index < -0.39 is 0 Å². The standard InChI is InChI=1S/C29H36/c1-5-22-12-13-23(6-2)27-17-20(16-26(22)27)10-9-11-21-18-28-24(7-3)14-15-25(8-4)29(28)19-21/h12-16,18H,5-11,17,19H2,1-4H3. The van der Waals surface area contributed by atoms with Crippen molar-refractivity contribution in [3.8, 4) is 0 Å². The van der Waals surface area contributed by atoms with Gasteiger partial charge < -0.3 is 0 Å². The van der Waals surface area contributed by atoms with E-state index in [0.29, 0.717) is 0 Å². The van der Waals surface area contributed by atoms with Crippen LogP contribution in [0.3, 0.4) is 0 Å². The van der Waals surface area contributed by atoms with Gasteiger partial charge in [-0.1, -0.05) is 75.3 Å². The van der Waals surface area contributed by atoms with Crippen molar-refractivity contribution in [2.45, 2.75) is 85.5 Å². The largest absolute Gasteiger partial charge is 0.0652 e. The highest BCUT2D eigenvalue weighted by atomic mass is 14.2. The van der Waals surface area contributed by atoms with Crippen molar-refractivity contribution in [3.63, 3.8) is 0 Å². The molecule has 0 bridgehead atoms. The number of benzene rings is 2. The summed E-state index contributed by atoms with van der Waals surface area (Å²) in [5, 5.41) is 0. The summed E-state index contributed by atoms with van der Waals surface area (Å²) in [7, 11) is 0. The predicted octanol–water partition coefficient (Wildman–Crippen LogP) is 7.69. The fourth-order valence-electron chi connectivity index (χ4n) is 5.40. The molecule has 0 amide bonds. The fraction of sp³-hybridized carbons (Fsp3) is 0.448. The van der Waals surface area contributed by atoms with Crippen LogP contribution >= 0.6 is 0 Å². The van der Waals surface area contributed by atoms with Gasteiger partial charge in [-0.2, -0.15) is 0 Å². The second kappa shape index (κ2) is 8.74. The Bertz CT molecular complexity index is 889. The first-order valence-electron chi connectivity index (χ1n) is 11.8. The van der Waals surface area contributed by atoms with Crippen molar-refractivity contribution >= 4 is 12.2 Å². The molecule has 0 unspecified atom stereocenters. The number of fused-ring (bicyclic) bond motifs is 2. The molecule has 2 aliphatic carbocycles. The third-order valence-corrected chi connectivity index (χ3v) is 7.11. The summed E-state index contributed by atoms with van der Waals surface area (Å²) in [5.41, 5.74) is 15.8. The van der Waals surface area contributed by atoms with Crippen molar-refractivity contribution in [1.29, 1.82) is 0 Å². The molecule has 0 fully saturated rings. The molecule has 0 aromatic heterocycles. The molecule has 152 valence electrons. The Labute approximate surface area is 177 Å². The van der Waals surface area contributed by atoms with Gasteiger partial charge in [0.05, 0.1) is 0 Å². The molecule has 2 aliphatic rings. The summed E-state index contributed by atoms with van der Waals surface area (Å²) in [4.78, 5) is 0. The summed E-state index contributed by atoms with van der Waals surface area (Å²) in [6.07, 6.45) is 15.8. The van der Waals surface area contributed by atoms with E-state index in [9.17, 15) is 0 Å². The lowest BCUT2D eigenvalue weighted by molar-refractivity contribution is 0.784. The molecule has 0 radical (unpaired) electrons. The average molecular weight is 385 g/mol. The maximum Gasteiger partial charge on any atom is -0.00550 e. The van der Waals surface area contributed by atoms with Gasteiger partial charge in [-0.3, -0.25) is 0 Å². The van der Waals surface area contributed by atoms with Crippen LogP contribution in [0.25, 0.3) is 12.2 Å². The zero-order valence-corrected chi connectivity index (χ0v) is 18.8. The Kier molecular flexibility index (Phi) is 6.09. The summed E-state index contributed by atoms with van der Waals surface area (Å²) in [6, 6.07) is 9.44. The van der Waals surface area contributed by atoms with E-state index in [1.165, 1.54) is 43.2 Å². The van der Waals surface area contributed by atoms with E-state index in [0.717, 1.165) is 25.7 Å². The minimum atomic E-state index is 1.14. The SMILES string of the molecule is CCc1ccc(CC)c2c1C=C(CCCC1=Cc3c(CC)ccc(CC)c3C1)C2. The highest BCUT2D eigenvalue weighted by Crippen LogP contribution is 2.36. The van der Waals surface area contributed by atoms with Gasteiger partial charge in [0.25, 0.3) is 0 Å². The zero-order chi connectivity index (χ0) is 20.4. The van der Waals surface area contributed by atoms with Crippen LogP contribution in [0.2, 0.25) is 0 Å². The fourth-order valence-corrected chi connectivity index (χ4v) is 5.40. The molecule has 29 heavy (non-hydrogen) atoms. The quantitative estimate of drug-likeness (QED) is 0.437. The van der Waals surface area contributed by atoms with Gasteiger partial charge in [-0.05, 0) is 102 Å². The Morgan fingerprint density at radius 1 is 0.552 bits per heavy atom. The lowest BCUT2D eigenvalue weighted by Gasteiger charge is -2.11. The van der Waals surface area contributed by atoms with E-state index >= 15 is 0 Å². The lowest BCUT2D eigenvalue weighted by Crippen LogP contribution is -1.97. The van der Waals surface area contributed by atoms with Gasteiger partial charge >= 0.3 is 0 Å². The topological polar surface area (TPSA) is 0 Å². The Morgan fingerprint density at radius 2 is 0.931 bits per heavy atom. The molecule has 0 heteroatoms. The molecule has 0 N–H and O–H groups in total. The van der Waals surface area contributed by atoms with Crippen molar-refractivity contribution in [1.82, 2.24) is 0 Å². The third-order valence-electron chi connectivity index (χ3n) is 7.11. The first kappa shape index (κ1) is 20.2. The maximum absolute atomic E-state index is 2.52. The molecule has 0 nitrogen and oxygen atoms in total. The Hall–Kier alpha value is -2.08. The first-order chi connectivity index (χ1) is 14.2. The molecule has 0 aliphatic heterocycles. The summed E-state index contributed by atoms with van der Waals surface area (Å²) in [6.45, 7) is 9.15. The molecule has 2 aromatic carbocycles. The van der Waals surface area contributed by atoms with Crippen molar-refractivity contribution < 1.29 is 0 Å². The second-order valence-electron chi connectivity index (χ2n) is 8.78. The molecular weight excluding hydrogens is 348 g/mol. The van der Waals surface area contributed by atoms with Crippen molar-refractivity contribution in [2.24, 2.45) is 0 Å². The van der Waals surface area contributed by atoms with Crippen LogP contribution in [0.5, 0.6) is 0 Å². The van der Waals surface area contributed by atoms with E-state index in [1.54, 1.807) is 44.5 Å². The van der Waals surface area contributed by atoms with Gasteiger partial charge in [0.15, 0.2) is 0 Å². The molecule has 0 spiro atoms. The number of rotatable bonds is 8. The summed E-state index contributed by atoms with van der Waals surface area (Å²) < 4.78 is 0. The maximum atomic E-state index is 2.52. The normalized spacial score (nSPS) is 14.6. The van der Waals surface area contributed by atoms with Gasteiger partial charge in [-0.25, -0.2) is 0 Å². The van der Waals surface area contributed by atoms with Crippen LogP contribution in [-0.2, 0) is 38.5 Å². The zero-order valence-electron chi connectivity index (χ0n) is 18.8. The van der Waals surface area contributed by atoms with E-state index in [-0.39, 0.29) is 0 Å². The van der Waals surface area contributed by atoms with Crippen LogP contribution < -0.4 is 0 Å². The molecular formula is C29H36. The van der Waals surface area contributed by atoms with Crippen LogP contribution in [0.15, 0.2) is 35.4 Å². The minimum Gasteiger partial charge on any atom is -0.0652 e. The Balaban J connectivity index is 1.42. The van der Waals surface area contributed by atoms with Crippen molar-refractivity contribution in [3.05, 3.63) is 79.9 Å². The predicted molar refractivity (Wildman–Crippen MR) is 128 cm³/mol. The molecule has 0 atom stereocenters. The van der Waals surface area contributed by atoms with Crippen LogP contribution in [0.1, 0.15) is 91.5 Å². The third kappa shape index (κ3) is 3.87. The number of hydrogen-bond acceptors (Lipinski definition) is 0. The molecule has 2 aromatic rings. The highest BCUT2D eigenvalue weighted by molar-refractivity contribution is 5.70. The van der Waals surface area contributed by atoms with Crippen LogP contribution in [0, 0.1) is 0 Å². The number of aryl methyl sites for hydroxylation is 4. The van der Waals surface area contributed by atoms with E-state index in [2.05, 4.69) is 64.1 Å². The molecule has 0 saturated heterocycles. The van der Waals surface area contributed by atoms with E-state index in [4.69, 9.17) is 0 Å². The molecule has 0 saturated carbocycles. The van der Waals surface area contributed by atoms with Crippen LogP contribution in [0.4, 0.5) is 0 Å². The smallest absolute Gasteiger partial charge is 0.00550 e. The van der Waals surface area contributed by atoms with Crippen molar-refractivity contribution in [2.75, 3.05) is 0 Å². The monoisotopic (exact) mass is 384 g/mol. The van der Waals surface area contributed by atoms with Crippen LogP contribution in [-0.4, -0.2) is 0 Å². The summed E-state index contributed by atoms with van der Waals surface area (Å²) >= 11 is 0. The van der Waals surface area contributed by atoms with Gasteiger partial charge in [0.1, 0.15) is 0 Å². The highest BCUT2D eigenvalue weighted by Gasteiger charge is 2.20. The summed E-state index contributed by atoms with van der Waals surface area (Å²) in [5.74, 6) is 0. The van der Waals surface area contributed by atoms with Gasteiger partial charge in [0.2, 0.25) is 0 Å². The first-order valence-corrected chi connectivity index (χ1v) is 11.8. The number of hydrogen-bond donors (Lipinski definition) is 0. The molecule has 0 heterocycles. The van der Waals surface area contributed by atoms with Gasteiger partial charge in [0, 0.05) is 0 Å². The minimum absolute atomic E-state index is 1.14. The average Bonchev–Trinajstić information content (AvgIpc) is 3.36. The second-order valence-corrected chi connectivity index (χ2v) is 8.78. The molecule has 4 rings (SSSR count). The number of allylic oxidation sites excluding steroid dienone is 2. The Morgan fingerprint density at radius 3 is 1.31 bits per heavy atom. The van der Waals surface area contributed by atoms with Gasteiger partial charge in [-0.15, -0.1) is 0 Å².